The monoisotopic (exact) mass is 474 g/mol. The lowest BCUT2D eigenvalue weighted by Crippen LogP contribution is -2.46. The van der Waals surface area contributed by atoms with E-state index in [2.05, 4.69) is 15.2 Å². The summed E-state index contributed by atoms with van der Waals surface area (Å²) in [5.74, 6) is -0.567. The molecule has 2 aromatic carbocycles. The van der Waals surface area contributed by atoms with Crippen LogP contribution in [0.15, 0.2) is 58.8 Å². The summed E-state index contributed by atoms with van der Waals surface area (Å²) < 4.78 is 40.2. The van der Waals surface area contributed by atoms with Crippen molar-refractivity contribution in [2.45, 2.75) is 11.3 Å². The van der Waals surface area contributed by atoms with Crippen LogP contribution in [0.25, 0.3) is 10.6 Å². The predicted octanol–water partition coefficient (Wildman–Crippen LogP) is 3.07. The Morgan fingerprint density at radius 1 is 1.06 bits per heavy atom. The summed E-state index contributed by atoms with van der Waals surface area (Å²) in [6, 6.07) is 12.2. The summed E-state index contributed by atoms with van der Waals surface area (Å²) in [6.45, 7) is 2.33. The summed E-state index contributed by atoms with van der Waals surface area (Å²) >= 11 is 1.39. The molecule has 7 nitrogen and oxygen atoms in total. The number of hydrogen-bond donors (Lipinski definition) is 1. The van der Waals surface area contributed by atoms with Crippen LogP contribution >= 0.6 is 11.3 Å². The van der Waals surface area contributed by atoms with Crippen LogP contribution in [0.2, 0.25) is 0 Å². The van der Waals surface area contributed by atoms with E-state index in [0.29, 0.717) is 42.6 Å². The minimum atomic E-state index is -3.54. The van der Waals surface area contributed by atoms with Crippen molar-refractivity contribution >= 4 is 33.0 Å². The molecule has 0 atom stereocenters. The normalized spacial score (nSPS) is 15.6. The highest BCUT2D eigenvalue weighted by molar-refractivity contribution is 7.89. The van der Waals surface area contributed by atoms with Gasteiger partial charge in [0.1, 0.15) is 10.8 Å². The minimum absolute atomic E-state index is 0.0824. The molecule has 1 aromatic heterocycles. The number of piperazine rings is 1. The fourth-order valence-corrected chi connectivity index (χ4v) is 5.62. The Balaban J connectivity index is 1.36. The molecule has 0 spiro atoms. The SMILES string of the molecule is CN1CCN(S(=O)(=O)c2ccc(NC(=O)Cc3csc(-c4ccc(F)cc4)n3)cc2)CC1. The van der Waals surface area contributed by atoms with E-state index in [1.54, 1.807) is 29.6 Å². The number of carbonyl (C=O) groups is 1. The number of nitrogens with zero attached hydrogens (tertiary/aromatic N) is 3. The molecule has 1 N–H and O–H groups in total. The second kappa shape index (κ2) is 9.45. The quantitative estimate of drug-likeness (QED) is 0.594. The Hall–Kier alpha value is -2.66. The molecule has 3 aromatic rings. The molecule has 32 heavy (non-hydrogen) atoms. The third-order valence-corrected chi connectivity index (χ3v) is 8.08. The summed E-state index contributed by atoms with van der Waals surface area (Å²) in [5.41, 5.74) is 1.92. The van der Waals surface area contributed by atoms with Crippen molar-refractivity contribution in [1.29, 1.82) is 0 Å². The molecule has 1 amide bonds. The van der Waals surface area contributed by atoms with Crippen LogP contribution in [0.1, 0.15) is 5.69 Å². The zero-order chi connectivity index (χ0) is 22.7. The summed E-state index contributed by atoms with van der Waals surface area (Å²) in [6.07, 6.45) is 0.0824. The summed E-state index contributed by atoms with van der Waals surface area (Å²) in [4.78, 5) is 19.2. The molecule has 4 rings (SSSR count). The van der Waals surface area contributed by atoms with Crippen LogP contribution in [-0.2, 0) is 21.2 Å². The van der Waals surface area contributed by atoms with Gasteiger partial charge in [-0.3, -0.25) is 4.79 Å². The molecule has 1 fully saturated rings. The van der Waals surface area contributed by atoms with Crippen LogP contribution in [0.4, 0.5) is 10.1 Å². The lowest BCUT2D eigenvalue weighted by molar-refractivity contribution is -0.115. The first-order chi connectivity index (χ1) is 15.3. The molecule has 168 valence electrons. The van der Waals surface area contributed by atoms with Crippen molar-refractivity contribution in [2.24, 2.45) is 0 Å². The first-order valence-corrected chi connectivity index (χ1v) is 12.4. The van der Waals surface area contributed by atoms with E-state index in [0.717, 1.165) is 5.56 Å². The molecular weight excluding hydrogens is 451 g/mol. The van der Waals surface area contributed by atoms with E-state index in [-0.39, 0.29) is 23.0 Å². The second-order valence-electron chi connectivity index (χ2n) is 7.61. The van der Waals surface area contributed by atoms with Gasteiger partial charge in [-0.2, -0.15) is 4.31 Å². The summed E-state index contributed by atoms with van der Waals surface area (Å²) in [7, 11) is -1.57. The highest BCUT2D eigenvalue weighted by Gasteiger charge is 2.27. The topological polar surface area (TPSA) is 82.6 Å². The smallest absolute Gasteiger partial charge is 0.243 e. The Kier molecular flexibility index (Phi) is 6.66. The van der Waals surface area contributed by atoms with Gasteiger partial charge in [0.2, 0.25) is 15.9 Å². The van der Waals surface area contributed by atoms with E-state index >= 15 is 0 Å². The van der Waals surface area contributed by atoms with Gasteiger partial charge in [0.05, 0.1) is 17.0 Å². The van der Waals surface area contributed by atoms with Crippen LogP contribution in [0.5, 0.6) is 0 Å². The van der Waals surface area contributed by atoms with Gasteiger partial charge in [-0.1, -0.05) is 0 Å². The molecule has 1 aliphatic rings. The van der Waals surface area contributed by atoms with Crippen molar-refractivity contribution in [1.82, 2.24) is 14.2 Å². The molecule has 0 saturated carbocycles. The maximum absolute atomic E-state index is 13.1. The zero-order valence-electron chi connectivity index (χ0n) is 17.5. The van der Waals surface area contributed by atoms with Crippen molar-refractivity contribution in [3.63, 3.8) is 0 Å². The van der Waals surface area contributed by atoms with Crippen LogP contribution in [0, 0.1) is 5.82 Å². The fraction of sp³-hybridized carbons (Fsp3) is 0.273. The minimum Gasteiger partial charge on any atom is -0.326 e. The number of thiazole rings is 1. The molecule has 10 heteroatoms. The number of benzene rings is 2. The molecule has 0 radical (unpaired) electrons. The fourth-order valence-electron chi connectivity index (χ4n) is 3.37. The Labute approximate surface area is 190 Å². The maximum Gasteiger partial charge on any atom is 0.243 e. The molecule has 1 aliphatic heterocycles. The Morgan fingerprint density at radius 2 is 1.72 bits per heavy atom. The number of anilines is 1. The number of likely N-dealkylation sites (N-methyl/N-ethyl adjacent to an activating group) is 1. The molecule has 1 saturated heterocycles. The van der Waals surface area contributed by atoms with E-state index in [9.17, 15) is 17.6 Å². The van der Waals surface area contributed by atoms with Crippen molar-refractivity contribution < 1.29 is 17.6 Å². The standard InChI is InChI=1S/C22H23FN4O3S2/c1-26-10-12-27(13-11-26)32(29,30)20-8-6-18(7-9-20)24-21(28)14-19-15-31-22(25-19)16-2-4-17(23)5-3-16/h2-9,15H,10-14H2,1H3,(H,24,28). The first kappa shape index (κ1) is 22.5. The van der Waals surface area contributed by atoms with Crippen LogP contribution < -0.4 is 5.32 Å². The highest BCUT2D eigenvalue weighted by atomic mass is 32.2. The van der Waals surface area contributed by atoms with Gasteiger partial charge in [-0.05, 0) is 55.6 Å². The molecule has 0 aliphatic carbocycles. The molecule has 0 unspecified atom stereocenters. The number of rotatable bonds is 6. The second-order valence-corrected chi connectivity index (χ2v) is 10.4. The number of hydrogen-bond acceptors (Lipinski definition) is 6. The lowest BCUT2D eigenvalue weighted by atomic mass is 10.2. The Bertz CT molecular complexity index is 1190. The molecular formula is C22H23FN4O3S2. The van der Waals surface area contributed by atoms with Crippen molar-refractivity contribution in [3.8, 4) is 10.6 Å². The largest absolute Gasteiger partial charge is 0.326 e. The average Bonchev–Trinajstić information content (AvgIpc) is 3.23. The highest BCUT2D eigenvalue weighted by Crippen LogP contribution is 2.24. The van der Waals surface area contributed by atoms with Crippen molar-refractivity contribution in [2.75, 3.05) is 38.5 Å². The van der Waals surface area contributed by atoms with E-state index in [4.69, 9.17) is 0 Å². The van der Waals surface area contributed by atoms with Gasteiger partial charge >= 0.3 is 0 Å². The number of nitrogens with one attached hydrogen (secondary N) is 1. The van der Waals surface area contributed by atoms with Gasteiger partial charge in [0.15, 0.2) is 0 Å². The number of sulfonamides is 1. The van der Waals surface area contributed by atoms with Gasteiger partial charge in [-0.15, -0.1) is 11.3 Å². The van der Waals surface area contributed by atoms with Gasteiger partial charge in [0, 0.05) is 42.8 Å². The van der Waals surface area contributed by atoms with Gasteiger partial charge in [-0.25, -0.2) is 17.8 Å². The molecule has 2 heterocycles. The summed E-state index contributed by atoms with van der Waals surface area (Å²) in [5, 5.41) is 5.28. The molecule has 0 bridgehead atoms. The Morgan fingerprint density at radius 3 is 2.38 bits per heavy atom. The van der Waals surface area contributed by atoms with Gasteiger partial charge in [0.25, 0.3) is 0 Å². The predicted molar refractivity (Wildman–Crippen MR) is 123 cm³/mol. The number of carbonyl (C=O) groups excluding carboxylic acids is 1. The average molecular weight is 475 g/mol. The van der Waals surface area contributed by atoms with Gasteiger partial charge < -0.3 is 10.2 Å². The maximum atomic E-state index is 13.1. The first-order valence-electron chi connectivity index (χ1n) is 10.1. The van der Waals surface area contributed by atoms with E-state index < -0.39 is 10.0 Å². The van der Waals surface area contributed by atoms with Crippen molar-refractivity contribution in [3.05, 3.63) is 65.4 Å². The van der Waals surface area contributed by atoms with E-state index in [1.807, 2.05) is 7.05 Å². The number of halogens is 1. The van der Waals surface area contributed by atoms with Crippen LogP contribution in [-0.4, -0.2) is 61.7 Å². The van der Waals surface area contributed by atoms with E-state index in [1.165, 1.54) is 39.9 Å². The number of aromatic nitrogens is 1. The zero-order valence-corrected chi connectivity index (χ0v) is 19.1. The third-order valence-electron chi connectivity index (χ3n) is 5.22. The van der Waals surface area contributed by atoms with Crippen LogP contribution in [0.3, 0.4) is 0 Å². The lowest BCUT2D eigenvalue weighted by Gasteiger charge is -2.31. The number of amides is 1. The third kappa shape index (κ3) is 5.21.